The molecule has 99 heavy (non-hydrogen) atoms. The number of halogens is 3. The van der Waals surface area contributed by atoms with Gasteiger partial charge < -0.3 is 53.8 Å². The van der Waals surface area contributed by atoms with Gasteiger partial charge in [-0.2, -0.15) is 9.97 Å². The first-order chi connectivity index (χ1) is 46.8. The maximum atomic E-state index is 12.2. The highest BCUT2D eigenvalue weighted by molar-refractivity contribution is 9.11. The minimum absolute atomic E-state index is 0.0749. The number of piperidine rings is 2. The molecular formula is C57H65B15Br2ClN14O8S2-. The second-order valence-electron chi connectivity index (χ2n) is 24.7. The van der Waals surface area contributed by atoms with Gasteiger partial charge in [0.15, 0.2) is 19.7 Å². The van der Waals surface area contributed by atoms with Crippen LogP contribution >= 0.6 is 43.5 Å². The molecule has 0 saturated carbocycles. The van der Waals surface area contributed by atoms with Crippen molar-refractivity contribution >= 4 is 239 Å². The number of methoxy groups -OCH3 is 2. The standard InChI is InChI=1S/C26H28BrN7O3S.C17H26N2O3.C14H11BrClN5O2S.B15/c1-37-23-13-17(16-7-9-28-10-8-16)3-4-21(23)33-26-31-14-19(27)25(34-26)32-20-5-6-22-24(30-12-11-29-22)18(20)15-38(2,35)36;1-17(2,3)22-16(20)19-9-7-12(8-10-19)13-5-6-14(18)15(11-13)21-4;1-24(22,23)7-8-10(2-3-11-12(8)18-5-4-17-11)20-13-9(15)6-19-14(16)21-13;1-9-13(8)15(12(6)7)14(10(2)3)11(4)5/h3-6,11-14,16,28H,7-10,15H2,1-2H3,(H2,31,32,33,34);5-6,11-12H,7-10,18H2,1-4H3;2-6H,7H2,1H3,(H,19,20,21);/q;;;-1. The van der Waals surface area contributed by atoms with Gasteiger partial charge in [0.05, 0.1) is 68.1 Å². The number of likely N-dealkylation sites (tertiary alicyclic amines) is 1. The van der Waals surface area contributed by atoms with Crippen molar-refractivity contribution in [3.05, 3.63) is 134 Å². The Labute approximate surface area is 615 Å². The van der Waals surface area contributed by atoms with Crippen LogP contribution in [0.15, 0.2) is 107 Å². The molecule has 2 aliphatic heterocycles. The number of amides is 1. The fraction of sp³-hybridized carbons (Fsp3) is 0.351. The molecular weight excluding hydrogens is 1430 g/mol. The van der Waals surface area contributed by atoms with Gasteiger partial charge in [-0.1, -0.05) is 12.1 Å². The molecule has 18 radical (unpaired) electrons. The molecule has 8 aromatic rings. The summed E-state index contributed by atoms with van der Waals surface area (Å²) in [5.74, 6) is 3.23. The van der Waals surface area contributed by atoms with Crippen molar-refractivity contribution < 1.29 is 35.8 Å². The fourth-order valence-electron chi connectivity index (χ4n) is 11.2. The third-order valence-corrected chi connectivity index (χ3v) is 18.8. The number of carbonyl (C=O) groups is 1. The fourth-order valence-corrected chi connectivity index (χ4v) is 13.5. The number of rotatable bonds is 20. The Morgan fingerprint density at radius 2 is 1.13 bits per heavy atom. The van der Waals surface area contributed by atoms with Gasteiger partial charge >= 0.3 is 6.09 Å². The Hall–Kier alpha value is -6.13. The van der Waals surface area contributed by atoms with Gasteiger partial charge in [-0.15, -0.1) is 0 Å². The summed E-state index contributed by atoms with van der Waals surface area (Å²) in [6.45, 7) is 9.13. The highest BCUT2D eigenvalue weighted by Gasteiger charge is 2.36. The molecule has 22 nitrogen and oxygen atoms in total. The molecule has 2 aliphatic rings. The van der Waals surface area contributed by atoms with E-state index in [1.54, 1.807) is 68.2 Å². The highest BCUT2D eigenvalue weighted by Crippen LogP contribution is 2.37. The Balaban J connectivity index is 0.000000197. The van der Waals surface area contributed by atoms with Crippen LogP contribution in [0.25, 0.3) is 22.1 Å². The van der Waals surface area contributed by atoms with E-state index in [2.05, 4.69) is 105 Å². The Kier molecular flexibility index (Phi) is 29.7. The molecule has 0 bridgehead atoms. The quantitative estimate of drug-likeness (QED) is 0.0358. The third kappa shape index (κ3) is 23.7. The summed E-state index contributed by atoms with van der Waals surface area (Å²) in [6.07, 6.45) is 11.8. The maximum Gasteiger partial charge on any atom is 0.410 e. The number of anilines is 7. The first kappa shape index (κ1) is 80.2. The largest absolute Gasteiger partial charge is 0.690 e. The molecule has 4 aromatic heterocycles. The van der Waals surface area contributed by atoms with E-state index in [1.165, 1.54) is 43.1 Å². The number of nitrogens with one attached hydrogen (secondary N) is 4. The summed E-state index contributed by atoms with van der Waals surface area (Å²) < 4.78 is 65.7. The van der Waals surface area contributed by atoms with Crippen LogP contribution in [0.1, 0.15) is 80.5 Å². The van der Waals surface area contributed by atoms with Gasteiger partial charge in [0.2, 0.25) is 11.2 Å². The second-order valence-corrected chi connectivity index (χ2v) is 31.0. The van der Waals surface area contributed by atoms with Crippen molar-refractivity contribution in [1.82, 2.24) is 50.1 Å². The molecule has 42 heteroatoms. The van der Waals surface area contributed by atoms with Crippen LogP contribution in [-0.4, -0.2) is 233 Å². The Morgan fingerprint density at radius 3 is 1.62 bits per heavy atom. The van der Waals surface area contributed by atoms with Crippen LogP contribution in [0.4, 0.5) is 45.1 Å². The molecule has 490 valence electrons. The number of carbonyl (C=O) groups excluding carboxylic acids is 1. The van der Waals surface area contributed by atoms with E-state index in [9.17, 15) is 21.6 Å². The molecule has 0 unspecified atom stereocenters. The number of nitrogen functional groups attached to an aromatic ring is 1. The van der Waals surface area contributed by atoms with Gasteiger partial charge in [0.25, 0.3) is 0 Å². The number of hydrogen-bond acceptors (Lipinski definition) is 21. The lowest BCUT2D eigenvalue weighted by Gasteiger charge is -2.38. The van der Waals surface area contributed by atoms with Gasteiger partial charge in [-0.05, 0) is 267 Å². The Bertz CT molecular complexity index is 4300. The van der Waals surface area contributed by atoms with E-state index >= 15 is 0 Å². The van der Waals surface area contributed by atoms with Gasteiger partial charge in [-0.25, -0.2) is 31.6 Å². The smallest absolute Gasteiger partial charge is 0.410 e. The molecule has 2 saturated heterocycles. The summed E-state index contributed by atoms with van der Waals surface area (Å²) in [4.78, 5) is 48.0. The second kappa shape index (κ2) is 36.7. The summed E-state index contributed by atoms with van der Waals surface area (Å²) in [5, 5.41) is 13.1. The monoisotopic (exact) mass is 1500 g/mol. The zero-order chi connectivity index (χ0) is 72.5. The zero-order valence-electron chi connectivity index (χ0n) is 55.9. The minimum atomic E-state index is -3.34. The van der Waals surface area contributed by atoms with E-state index in [4.69, 9.17) is 93.4 Å². The summed E-state index contributed by atoms with van der Waals surface area (Å²) >= 11 is 12.7. The number of sulfone groups is 2. The number of benzene rings is 4. The van der Waals surface area contributed by atoms with Crippen molar-refractivity contribution in [2.24, 2.45) is 0 Å². The van der Waals surface area contributed by atoms with Crippen molar-refractivity contribution in [2.75, 3.05) is 74.6 Å². The topological polar surface area (TPSA) is 294 Å². The van der Waals surface area contributed by atoms with Crippen molar-refractivity contribution in [3.8, 4) is 11.5 Å². The summed E-state index contributed by atoms with van der Waals surface area (Å²) in [7, 11) is 42.4. The Morgan fingerprint density at radius 1 is 0.667 bits per heavy atom. The molecule has 6 N–H and O–H groups in total. The van der Waals surface area contributed by atoms with Gasteiger partial charge in [0.1, 0.15) is 28.7 Å². The van der Waals surface area contributed by atoms with Crippen LogP contribution in [-0.2, 0) is 35.9 Å². The van der Waals surface area contributed by atoms with Crippen molar-refractivity contribution in [2.45, 2.75) is 75.4 Å². The van der Waals surface area contributed by atoms with Crippen LogP contribution in [0.3, 0.4) is 0 Å². The van der Waals surface area contributed by atoms with Crippen LogP contribution in [0.2, 0.25) is 5.28 Å². The first-order valence-corrected chi connectivity index (χ1v) is 37.3. The van der Waals surface area contributed by atoms with E-state index in [-0.39, 0.29) is 22.9 Å². The lowest BCUT2D eigenvalue weighted by molar-refractivity contribution is 0.0204. The predicted molar refractivity (Wildman–Crippen MR) is 422 cm³/mol. The molecule has 0 aliphatic carbocycles. The van der Waals surface area contributed by atoms with E-state index in [1.807, 2.05) is 45.0 Å². The first-order valence-electron chi connectivity index (χ1n) is 31.2. The zero-order valence-corrected chi connectivity index (χ0v) is 61.5. The summed E-state index contributed by atoms with van der Waals surface area (Å²) in [5.41, 5.74) is 13.7. The molecule has 0 atom stereocenters. The molecule has 1 amide bonds. The predicted octanol–water partition coefficient (Wildman–Crippen LogP) is 5.49. The van der Waals surface area contributed by atoms with Crippen molar-refractivity contribution in [3.63, 3.8) is 0 Å². The van der Waals surface area contributed by atoms with Crippen LogP contribution in [0.5, 0.6) is 11.5 Å². The van der Waals surface area contributed by atoms with E-state index in [0.717, 1.165) is 44.5 Å². The average molecular weight is 1500 g/mol. The van der Waals surface area contributed by atoms with Gasteiger partial charge in [0, 0.05) is 85.3 Å². The molecule has 6 heterocycles. The van der Waals surface area contributed by atoms with Crippen molar-refractivity contribution in [1.29, 1.82) is 0 Å². The number of aromatic nitrogens is 8. The number of nitrogens with two attached hydrogens (primary N) is 1. The molecule has 2 fully saturated rings. The molecule has 10 rings (SSSR count). The minimum Gasteiger partial charge on any atom is -0.690 e. The number of ether oxygens (including phenoxy) is 3. The van der Waals surface area contributed by atoms with E-state index < -0.39 is 63.6 Å². The third-order valence-electron chi connectivity index (χ3n) is 15.9. The lowest BCUT2D eigenvalue weighted by Crippen LogP contribution is -2.73. The number of nitrogens with zero attached hydrogens (tertiary/aromatic N) is 9. The normalized spacial score (nSPS) is 13.3. The van der Waals surface area contributed by atoms with Gasteiger partial charge in [-0.3, -0.25) is 27.0 Å². The van der Waals surface area contributed by atoms with Crippen LogP contribution < -0.4 is 36.5 Å². The average Bonchev–Trinajstić information content (AvgIpc) is 0.799. The lowest BCUT2D eigenvalue weighted by atomic mass is 8.46. The SMILES string of the molecule is COc1cc(C2CCN(C(=O)OC(C)(C)C)CC2)ccc1N.COc1cc(C2CCNCC2)ccc1Nc1ncc(Br)c(Nc2ccc3nccnc3c2CS(C)(=O)=O)n1.CS(=O)(=O)Cc1c(Nc2nc(Cl)ncc2Br)ccc2nccnc12.[B]B([B])B(B([B])[B])B(B([B])[B])B([B])[B][B-]. The van der Waals surface area contributed by atoms with E-state index in [0.29, 0.717) is 113 Å². The number of hydrogen-bond donors (Lipinski definition) is 5. The molecule has 4 aromatic carbocycles. The molecule has 0 spiro atoms. The van der Waals surface area contributed by atoms with Crippen LogP contribution in [0, 0.1) is 0 Å². The number of fused-ring (bicyclic) bond motifs is 2. The maximum absolute atomic E-state index is 12.2. The highest BCUT2D eigenvalue weighted by atomic mass is 79.9. The summed E-state index contributed by atoms with van der Waals surface area (Å²) in [6, 6.07) is 19.2.